The highest BCUT2D eigenvalue weighted by Gasteiger charge is 2.22. The number of nitro benzene ring substituents is 1. The molecule has 168 valence electrons. The maximum atomic E-state index is 15.2. The number of halogens is 1. The molecule has 9 nitrogen and oxygen atoms in total. The lowest BCUT2D eigenvalue weighted by Crippen LogP contribution is -2.09. The van der Waals surface area contributed by atoms with Gasteiger partial charge in [0, 0.05) is 35.7 Å². The number of hydrogen-bond donors (Lipinski definition) is 2. The van der Waals surface area contributed by atoms with Gasteiger partial charge in [0.25, 0.3) is 15.8 Å². The molecule has 0 saturated carbocycles. The Morgan fingerprint density at radius 1 is 1.06 bits per heavy atom. The smallest absolute Gasteiger partial charge is 0.338 e. The molecule has 33 heavy (non-hydrogen) atoms. The van der Waals surface area contributed by atoms with E-state index in [4.69, 9.17) is 4.42 Å². The number of fused-ring (bicyclic) bond motifs is 1. The van der Waals surface area contributed by atoms with Crippen LogP contribution in [-0.4, -0.2) is 17.9 Å². The Hall–Kier alpha value is -4.09. The Morgan fingerprint density at radius 2 is 1.79 bits per heavy atom. The molecule has 0 fully saturated rings. The average Bonchev–Trinajstić information content (AvgIpc) is 2.76. The van der Waals surface area contributed by atoms with Crippen LogP contribution in [0.3, 0.4) is 0 Å². The number of nitro groups is 1. The minimum absolute atomic E-state index is 0.0588. The van der Waals surface area contributed by atoms with E-state index in [-0.39, 0.29) is 34.5 Å². The van der Waals surface area contributed by atoms with Crippen LogP contribution in [0.15, 0.2) is 80.8 Å². The zero-order valence-electron chi connectivity index (χ0n) is 16.7. The lowest BCUT2D eigenvalue weighted by atomic mass is 9.98. The molecule has 3 aromatic carbocycles. The lowest BCUT2D eigenvalue weighted by Gasteiger charge is -2.15. The van der Waals surface area contributed by atoms with E-state index in [1.807, 2.05) is 0 Å². The summed E-state index contributed by atoms with van der Waals surface area (Å²) in [5.41, 5.74) is 0.0396. The van der Waals surface area contributed by atoms with E-state index in [2.05, 4.69) is 5.32 Å². The summed E-state index contributed by atoms with van der Waals surface area (Å²) in [6.07, 6.45) is 0. The van der Waals surface area contributed by atoms with E-state index in [1.165, 1.54) is 24.3 Å². The van der Waals surface area contributed by atoms with Crippen LogP contribution in [0.4, 0.5) is 15.8 Å². The topological polar surface area (TPSA) is 140 Å². The predicted molar refractivity (Wildman–Crippen MR) is 118 cm³/mol. The Balaban J connectivity index is 1.82. The summed E-state index contributed by atoms with van der Waals surface area (Å²) in [6, 6.07) is 15.3. The number of hydrogen-bond acceptors (Lipinski definition) is 7. The van der Waals surface area contributed by atoms with Crippen molar-refractivity contribution in [2.24, 2.45) is 0 Å². The first-order valence-electron chi connectivity index (χ1n) is 9.45. The van der Waals surface area contributed by atoms with Crippen molar-refractivity contribution in [3.05, 3.63) is 98.6 Å². The Bertz CT molecular complexity index is 1550. The van der Waals surface area contributed by atoms with Gasteiger partial charge in [-0.15, -0.1) is 0 Å². The van der Waals surface area contributed by atoms with Crippen molar-refractivity contribution < 1.29 is 26.7 Å². The zero-order chi connectivity index (χ0) is 23.8. The zero-order valence-corrected chi connectivity index (χ0v) is 17.5. The maximum Gasteiger partial charge on any atom is 0.338 e. The fourth-order valence-corrected chi connectivity index (χ4v) is 4.03. The highest BCUT2D eigenvalue weighted by Crippen LogP contribution is 2.32. The molecule has 2 N–H and O–H groups in total. The molecule has 0 bridgehead atoms. The van der Waals surface area contributed by atoms with E-state index in [9.17, 15) is 27.9 Å². The van der Waals surface area contributed by atoms with Gasteiger partial charge in [-0.05, 0) is 23.3 Å². The monoisotopic (exact) mass is 470 g/mol. The number of anilines is 1. The molecular formula is C22H15FN2O7S. The summed E-state index contributed by atoms with van der Waals surface area (Å²) in [5, 5.41) is 14.3. The van der Waals surface area contributed by atoms with Gasteiger partial charge in [-0.25, -0.2) is 9.18 Å². The minimum Gasteiger partial charge on any atom is -0.423 e. The molecule has 0 unspecified atom stereocenters. The van der Waals surface area contributed by atoms with E-state index >= 15 is 4.39 Å². The van der Waals surface area contributed by atoms with Gasteiger partial charge in [0.15, 0.2) is 5.82 Å². The summed E-state index contributed by atoms with van der Waals surface area (Å²) in [4.78, 5) is 21.6. The molecule has 0 aliphatic heterocycles. The molecular weight excluding hydrogens is 455 g/mol. The first kappa shape index (κ1) is 22.1. The van der Waals surface area contributed by atoms with Crippen LogP contribution in [0.1, 0.15) is 5.56 Å². The minimum atomic E-state index is -4.81. The van der Waals surface area contributed by atoms with Gasteiger partial charge in [0.2, 0.25) is 0 Å². The van der Waals surface area contributed by atoms with Crippen LogP contribution < -0.4 is 10.9 Å². The molecule has 0 aliphatic rings. The summed E-state index contributed by atoms with van der Waals surface area (Å²) >= 11 is 0. The largest absolute Gasteiger partial charge is 0.423 e. The standard InChI is InChI=1S/C22H15FN2O7S/c23-22-19(33(29,30)31)9-6-14(21(22)13-4-2-1-3-5-13)12-24-17-11-20(26)32-18-8-7-15(25(27)28)10-16(17)18/h1-11,24H,12H2,(H,29,30,31). The van der Waals surface area contributed by atoms with Gasteiger partial charge < -0.3 is 9.73 Å². The first-order chi connectivity index (χ1) is 15.6. The molecule has 0 amide bonds. The van der Waals surface area contributed by atoms with Crippen molar-refractivity contribution in [3.63, 3.8) is 0 Å². The molecule has 1 aromatic heterocycles. The normalized spacial score (nSPS) is 11.5. The van der Waals surface area contributed by atoms with E-state index < -0.39 is 31.4 Å². The third kappa shape index (κ3) is 4.45. The Morgan fingerprint density at radius 3 is 2.45 bits per heavy atom. The van der Waals surface area contributed by atoms with Crippen LogP contribution >= 0.6 is 0 Å². The van der Waals surface area contributed by atoms with Crippen molar-refractivity contribution in [2.75, 3.05) is 5.32 Å². The fourth-order valence-electron chi connectivity index (χ4n) is 3.46. The summed E-state index contributed by atoms with van der Waals surface area (Å²) in [5.74, 6) is -1.13. The molecule has 0 saturated heterocycles. The van der Waals surface area contributed by atoms with E-state index in [1.54, 1.807) is 30.3 Å². The molecule has 0 atom stereocenters. The van der Waals surface area contributed by atoms with Crippen LogP contribution in [0, 0.1) is 15.9 Å². The second-order valence-electron chi connectivity index (χ2n) is 7.02. The summed E-state index contributed by atoms with van der Waals surface area (Å²) in [7, 11) is -4.81. The lowest BCUT2D eigenvalue weighted by molar-refractivity contribution is -0.384. The summed E-state index contributed by atoms with van der Waals surface area (Å²) < 4.78 is 52.8. The van der Waals surface area contributed by atoms with E-state index in [0.717, 1.165) is 12.1 Å². The Labute approximate surface area is 186 Å². The van der Waals surface area contributed by atoms with Crippen LogP contribution in [0.2, 0.25) is 0 Å². The highest BCUT2D eigenvalue weighted by atomic mass is 32.2. The number of rotatable bonds is 6. The third-order valence-electron chi connectivity index (χ3n) is 4.94. The van der Waals surface area contributed by atoms with Crippen molar-refractivity contribution in [2.45, 2.75) is 11.4 Å². The number of nitrogens with zero attached hydrogens (tertiary/aromatic N) is 1. The summed E-state index contributed by atoms with van der Waals surface area (Å²) in [6.45, 7) is -0.0752. The number of nitrogens with one attached hydrogen (secondary N) is 1. The van der Waals surface area contributed by atoms with Crippen LogP contribution in [0.25, 0.3) is 22.1 Å². The third-order valence-corrected chi connectivity index (χ3v) is 5.81. The van der Waals surface area contributed by atoms with Gasteiger partial charge in [0.05, 0.1) is 10.6 Å². The molecule has 0 aliphatic carbocycles. The van der Waals surface area contributed by atoms with E-state index in [0.29, 0.717) is 11.1 Å². The molecule has 11 heteroatoms. The van der Waals surface area contributed by atoms with Crippen molar-refractivity contribution in [1.29, 1.82) is 0 Å². The maximum absolute atomic E-state index is 15.2. The van der Waals surface area contributed by atoms with Crippen LogP contribution in [-0.2, 0) is 16.7 Å². The van der Waals surface area contributed by atoms with Gasteiger partial charge in [-0.3, -0.25) is 14.7 Å². The van der Waals surface area contributed by atoms with Gasteiger partial charge in [-0.2, -0.15) is 8.42 Å². The Kier molecular flexibility index (Phi) is 5.66. The van der Waals surface area contributed by atoms with Crippen molar-refractivity contribution in [1.82, 2.24) is 0 Å². The van der Waals surface area contributed by atoms with Crippen molar-refractivity contribution >= 4 is 32.5 Å². The van der Waals surface area contributed by atoms with Gasteiger partial charge >= 0.3 is 5.63 Å². The first-order valence-corrected chi connectivity index (χ1v) is 10.9. The molecule has 0 spiro atoms. The predicted octanol–water partition coefficient (Wildman–Crippen LogP) is 4.37. The average molecular weight is 470 g/mol. The van der Waals surface area contributed by atoms with Crippen LogP contribution in [0.5, 0.6) is 0 Å². The second-order valence-corrected chi connectivity index (χ2v) is 8.41. The fraction of sp³-hybridized carbons (Fsp3) is 0.0455. The molecule has 4 rings (SSSR count). The van der Waals surface area contributed by atoms with Gasteiger partial charge in [0.1, 0.15) is 10.5 Å². The molecule has 0 radical (unpaired) electrons. The SMILES string of the molecule is O=c1cc(NCc2ccc(S(=O)(=O)O)c(F)c2-c2ccccc2)c2cc([N+](=O)[O-])ccc2o1. The second kappa shape index (κ2) is 8.45. The van der Waals surface area contributed by atoms with Gasteiger partial charge in [-0.1, -0.05) is 36.4 Å². The van der Waals surface area contributed by atoms with Crippen molar-refractivity contribution in [3.8, 4) is 11.1 Å². The number of benzene rings is 3. The highest BCUT2D eigenvalue weighted by molar-refractivity contribution is 7.85. The molecule has 4 aromatic rings. The quantitative estimate of drug-likeness (QED) is 0.183. The number of non-ortho nitro benzene ring substituents is 1. The molecule has 1 heterocycles.